The van der Waals surface area contributed by atoms with Gasteiger partial charge in [-0.2, -0.15) is 8.42 Å². The molecule has 92 valence electrons. The minimum atomic E-state index is -4.20. The van der Waals surface area contributed by atoms with E-state index in [-0.39, 0.29) is 10.6 Å². The van der Waals surface area contributed by atoms with Crippen molar-refractivity contribution >= 4 is 10.1 Å². The average molecular weight is 248 g/mol. The zero-order chi connectivity index (χ0) is 12.8. The van der Waals surface area contributed by atoms with Gasteiger partial charge in [0.1, 0.15) is 5.75 Å². The second-order valence-corrected chi connectivity index (χ2v) is 4.42. The molecule has 6 nitrogen and oxygen atoms in total. The van der Waals surface area contributed by atoms with Crippen LogP contribution in [-0.2, 0) is 10.1 Å². The molecule has 7 heteroatoms. The Morgan fingerprint density at radius 2 is 1.75 bits per heavy atom. The molecule has 0 aliphatic carbocycles. The van der Waals surface area contributed by atoms with Crippen molar-refractivity contribution in [1.82, 2.24) is 0 Å². The van der Waals surface area contributed by atoms with E-state index in [4.69, 9.17) is 21.1 Å². The second-order valence-electron chi connectivity index (χ2n) is 3.00. The number of hydrogen-bond acceptors (Lipinski definition) is 5. The lowest BCUT2D eigenvalue weighted by Crippen LogP contribution is -2.11. The highest BCUT2D eigenvalue weighted by Crippen LogP contribution is 2.20. The van der Waals surface area contributed by atoms with Gasteiger partial charge in [-0.15, -0.1) is 0 Å². The highest BCUT2D eigenvalue weighted by molar-refractivity contribution is 7.85. The third-order valence-electron chi connectivity index (χ3n) is 1.65. The highest BCUT2D eigenvalue weighted by atomic mass is 32.2. The van der Waals surface area contributed by atoms with Gasteiger partial charge in [-0.1, -0.05) is 6.07 Å². The second kappa shape index (κ2) is 6.44. The number of phenolic OH excluding ortho intramolecular Hbond substituents is 1. The molecule has 6 N–H and O–H groups in total. The van der Waals surface area contributed by atoms with Crippen LogP contribution in [0.5, 0.6) is 5.75 Å². The molecule has 1 aromatic carbocycles. The van der Waals surface area contributed by atoms with Crippen LogP contribution >= 0.6 is 0 Å². The van der Waals surface area contributed by atoms with Crippen LogP contribution in [0.4, 0.5) is 0 Å². The summed E-state index contributed by atoms with van der Waals surface area (Å²) in [6, 6.07) is 3.65. The summed E-state index contributed by atoms with van der Waals surface area (Å²) in [6.07, 6.45) is 0. The maximum atomic E-state index is 10.5. The molecule has 0 aliphatic heterocycles. The Morgan fingerprint density at radius 3 is 2.06 bits per heavy atom. The first kappa shape index (κ1) is 14.8. The summed E-state index contributed by atoms with van der Waals surface area (Å²) >= 11 is 0. The smallest absolute Gasteiger partial charge is 0.294 e. The highest BCUT2D eigenvalue weighted by Gasteiger charge is 2.10. The lowest BCUT2D eigenvalue weighted by Gasteiger charge is -2.00. The van der Waals surface area contributed by atoms with Crippen molar-refractivity contribution in [3.05, 3.63) is 23.8 Å². The fraction of sp³-hybridized carbons (Fsp3) is 0.333. The molecule has 0 bridgehead atoms. The van der Waals surface area contributed by atoms with E-state index in [0.29, 0.717) is 18.7 Å². The van der Waals surface area contributed by atoms with E-state index in [2.05, 4.69) is 0 Å². The van der Waals surface area contributed by atoms with Gasteiger partial charge in [-0.25, -0.2) is 0 Å². The van der Waals surface area contributed by atoms with Crippen LogP contribution < -0.4 is 11.5 Å². The summed E-state index contributed by atoms with van der Waals surface area (Å²) in [7, 11) is -4.20. The Morgan fingerprint density at radius 1 is 1.25 bits per heavy atom. The van der Waals surface area contributed by atoms with Gasteiger partial charge in [0, 0.05) is 19.2 Å². The first-order valence-corrected chi connectivity index (χ1v) is 5.94. The number of aromatic hydroxyl groups is 1. The van der Waals surface area contributed by atoms with Gasteiger partial charge >= 0.3 is 0 Å². The van der Waals surface area contributed by atoms with Crippen LogP contribution in [0.25, 0.3) is 0 Å². The fourth-order valence-corrected chi connectivity index (χ4v) is 1.25. The Bertz CT molecular complexity index is 429. The molecule has 0 saturated heterocycles. The lowest BCUT2D eigenvalue weighted by molar-refractivity contribution is 0.463. The zero-order valence-corrected chi connectivity index (χ0v) is 9.74. The molecule has 0 aromatic heterocycles. The number of hydrogen-bond donors (Lipinski definition) is 4. The third-order valence-corrected chi connectivity index (χ3v) is 2.49. The first-order valence-electron chi connectivity index (χ1n) is 4.50. The Balaban J connectivity index is 0.000000487. The number of benzene rings is 1. The largest absolute Gasteiger partial charge is 0.508 e. The molecular weight excluding hydrogens is 232 g/mol. The van der Waals surface area contributed by atoms with E-state index < -0.39 is 10.1 Å². The van der Waals surface area contributed by atoms with Gasteiger partial charge in [-0.05, 0) is 18.6 Å². The first-order chi connectivity index (χ1) is 7.32. The number of nitrogens with two attached hydrogens (primary N) is 2. The molecule has 0 heterocycles. The van der Waals surface area contributed by atoms with Crippen molar-refractivity contribution in [2.24, 2.45) is 11.5 Å². The normalized spacial score (nSPS) is 10.5. The van der Waals surface area contributed by atoms with E-state index in [9.17, 15) is 8.42 Å². The molecule has 1 aromatic rings. The predicted octanol–water partition coefficient (Wildman–Crippen LogP) is -0.149. The average Bonchev–Trinajstić information content (AvgIpc) is 2.21. The predicted molar refractivity (Wildman–Crippen MR) is 60.8 cm³/mol. The number of aryl methyl sites for hydroxylation is 1. The Hall–Kier alpha value is -1.15. The van der Waals surface area contributed by atoms with Gasteiger partial charge in [0.25, 0.3) is 10.1 Å². The van der Waals surface area contributed by atoms with Gasteiger partial charge < -0.3 is 16.6 Å². The molecule has 0 radical (unpaired) electrons. The number of rotatable bonds is 2. The van der Waals surface area contributed by atoms with Crippen LogP contribution in [0.1, 0.15) is 5.56 Å². The molecule has 1 rings (SSSR count). The van der Waals surface area contributed by atoms with Crippen molar-refractivity contribution in [2.45, 2.75) is 11.8 Å². The minimum Gasteiger partial charge on any atom is -0.508 e. The van der Waals surface area contributed by atoms with Crippen LogP contribution in [0.15, 0.2) is 23.1 Å². The summed E-state index contributed by atoms with van der Waals surface area (Å²) < 4.78 is 29.6. The Kier molecular flexibility index (Phi) is 5.97. The van der Waals surface area contributed by atoms with Crippen molar-refractivity contribution in [3.8, 4) is 5.75 Å². The minimum absolute atomic E-state index is 0.148. The summed E-state index contributed by atoms with van der Waals surface area (Å²) in [5.41, 5.74) is 10.4. The summed E-state index contributed by atoms with van der Waals surface area (Å²) in [4.78, 5) is -0.300. The summed E-state index contributed by atoms with van der Waals surface area (Å²) in [6.45, 7) is 2.82. The molecule has 0 spiro atoms. The maximum Gasteiger partial charge on any atom is 0.294 e. The Labute approximate surface area is 94.6 Å². The van der Waals surface area contributed by atoms with E-state index in [1.807, 2.05) is 0 Å². The van der Waals surface area contributed by atoms with Gasteiger partial charge in [-0.3, -0.25) is 4.55 Å². The van der Waals surface area contributed by atoms with E-state index >= 15 is 0 Å². The molecule has 0 atom stereocenters. The lowest BCUT2D eigenvalue weighted by atomic mass is 10.2. The van der Waals surface area contributed by atoms with Gasteiger partial charge in [0.15, 0.2) is 0 Å². The SMILES string of the molecule is Cc1ccc(S(=O)(=O)O)cc1O.NCCN. The van der Waals surface area contributed by atoms with Crippen molar-refractivity contribution in [1.29, 1.82) is 0 Å². The summed E-state index contributed by atoms with van der Waals surface area (Å²) in [5.74, 6) is -0.148. The van der Waals surface area contributed by atoms with Gasteiger partial charge in [0.2, 0.25) is 0 Å². The van der Waals surface area contributed by atoms with Crippen LogP contribution in [0.2, 0.25) is 0 Å². The van der Waals surface area contributed by atoms with E-state index in [1.54, 1.807) is 6.92 Å². The van der Waals surface area contributed by atoms with Crippen molar-refractivity contribution < 1.29 is 18.1 Å². The monoisotopic (exact) mass is 248 g/mol. The van der Waals surface area contributed by atoms with Crippen LogP contribution in [-0.4, -0.2) is 31.2 Å². The molecule has 16 heavy (non-hydrogen) atoms. The fourth-order valence-electron chi connectivity index (χ4n) is 0.750. The quantitative estimate of drug-likeness (QED) is 0.539. The summed E-state index contributed by atoms with van der Waals surface area (Å²) in [5, 5.41) is 9.09. The van der Waals surface area contributed by atoms with Crippen LogP contribution in [0, 0.1) is 6.92 Å². The zero-order valence-electron chi connectivity index (χ0n) is 8.92. The maximum absolute atomic E-state index is 10.5. The molecule has 0 saturated carbocycles. The van der Waals surface area contributed by atoms with Crippen molar-refractivity contribution in [3.63, 3.8) is 0 Å². The third kappa shape index (κ3) is 5.08. The molecule has 0 aliphatic rings. The molecular formula is C9H16N2O4S. The molecule has 0 amide bonds. The van der Waals surface area contributed by atoms with E-state index in [0.717, 1.165) is 6.07 Å². The topological polar surface area (TPSA) is 127 Å². The standard InChI is InChI=1S/C7H8O4S.C2H8N2/c1-5-2-3-6(4-7(5)8)12(9,10)11;3-1-2-4/h2-4,8H,1H3,(H,9,10,11);1-4H2. The van der Waals surface area contributed by atoms with Gasteiger partial charge in [0.05, 0.1) is 4.90 Å². The van der Waals surface area contributed by atoms with Crippen molar-refractivity contribution in [2.75, 3.05) is 13.1 Å². The van der Waals surface area contributed by atoms with Crippen LogP contribution in [0.3, 0.4) is 0 Å². The number of phenols is 1. The molecule has 0 fully saturated rings. The molecule has 0 unspecified atom stereocenters. The van der Waals surface area contributed by atoms with E-state index in [1.165, 1.54) is 12.1 Å².